The van der Waals surface area contributed by atoms with Crippen LogP contribution in [0.25, 0.3) is 5.52 Å². The lowest BCUT2D eigenvalue weighted by molar-refractivity contribution is -0.117. The number of hydrogen-bond donors (Lipinski definition) is 1. The summed E-state index contributed by atoms with van der Waals surface area (Å²) in [5.41, 5.74) is 6.35. The highest BCUT2D eigenvalue weighted by Gasteiger charge is 2.34. The number of nitrogens with one attached hydrogen (secondary N) is 1. The Morgan fingerprint density at radius 2 is 1.85 bits per heavy atom. The molecule has 0 radical (unpaired) electrons. The molecule has 1 amide bonds. The molecule has 1 aliphatic rings. The molecule has 26 heavy (non-hydrogen) atoms. The minimum absolute atomic E-state index is 0.0973. The van der Waals surface area contributed by atoms with Crippen LogP contribution in [0.1, 0.15) is 28.8 Å². The predicted octanol–water partition coefficient (Wildman–Crippen LogP) is 3.18. The van der Waals surface area contributed by atoms with Crippen LogP contribution < -0.4 is 10.2 Å². The second-order valence-corrected chi connectivity index (χ2v) is 7.11. The molecule has 134 valence electrons. The van der Waals surface area contributed by atoms with Crippen molar-refractivity contribution in [1.82, 2.24) is 14.6 Å². The zero-order chi connectivity index (χ0) is 18.4. The van der Waals surface area contributed by atoms with Gasteiger partial charge in [0.2, 0.25) is 5.91 Å². The fourth-order valence-corrected chi connectivity index (χ4v) is 3.95. The Morgan fingerprint density at radius 1 is 1.12 bits per heavy atom. The SMILES string of the molecule is Cc1cc(C)c(N2CCC(Nc3nccn4nc(C)cc34)C2=O)c(C)c1. The van der Waals surface area contributed by atoms with E-state index in [-0.39, 0.29) is 11.9 Å². The summed E-state index contributed by atoms with van der Waals surface area (Å²) < 4.78 is 1.79. The molecule has 0 aliphatic carbocycles. The lowest BCUT2D eigenvalue weighted by Crippen LogP contribution is -2.34. The zero-order valence-electron chi connectivity index (χ0n) is 15.6. The Labute approximate surface area is 152 Å². The number of amides is 1. The summed E-state index contributed by atoms with van der Waals surface area (Å²) in [7, 11) is 0. The number of carbonyl (C=O) groups is 1. The van der Waals surface area contributed by atoms with Gasteiger partial charge in [0, 0.05) is 24.6 Å². The molecule has 1 N–H and O–H groups in total. The van der Waals surface area contributed by atoms with Crippen molar-refractivity contribution in [3.63, 3.8) is 0 Å². The second-order valence-electron chi connectivity index (χ2n) is 7.11. The van der Waals surface area contributed by atoms with Crippen molar-refractivity contribution < 1.29 is 4.79 Å². The molecule has 0 bridgehead atoms. The summed E-state index contributed by atoms with van der Waals surface area (Å²) in [5, 5.41) is 7.74. The maximum absolute atomic E-state index is 13.1. The molecule has 2 aromatic heterocycles. The number of benzene rings is 1. The van der Waals surface area contributed by atoms with E-state index in [4.69, 9.17) is 0 Å². The third-order valence-corrected chi connectivity index (χ3v) is 4.93. The molecule has 4 rings (SSSR count). The van der Waals surface area contributed by atoms with E-state index in [1.807, 2.05) is 24.1 Å². The van der Waals surface area contributed by atoms with Crippen LogP contribution >= 0.6 is 0 Å². The quantitative estimate of drug-likeness (QED) is 0.789. The maximum atomic E-state index is 13.1. The van der Waals surface area contributed by atoms with Crippen LogP contribution in [0.5, 0.6) is 0 Å². The number of rotatable bonds is 3. The van der Waals surface area contributed by atoms with Gasteiger partial charge in [-0.1, -0.05) is 17.7 Å². The first kappa shape index (κ1) is 16.6. The maximum Gasteiger partial charge on any atom is 0.249 e. The Kier molecular flexibility index (Phi) is 3.90. The molecule has 1 fully saturated rings. The molecule has 1 unspecified atom stereocenters. The van der Waals surface area contributed by atoms with Gasteiger partial charge in [-0.15, -0.1) is 0 Å². The molecule has 0 saturated carbocycles. The molecule has 3 heterocycles. The number of aryl methyl sites for hydroxylation is 4. The summed E-state index contributed by atoms with van der Waals surface area (Å²) in [4.78, 5) is 19.4. The van der Waals surface area contributed by atoms with E-state index in [0.29, 0.717) is 12.4 Å². The van der Waals surface area contributed by atoms with Crippen molar-refractivity contribution in [1.29, 1.82) is 0 Å². The van der Waals surface area contributed by atoms with Crippen LogP contribution in [0.4, 0.5) is 11.5 Å². The van der Waals surface area contributed by atoms with Gasteiger partial charge in [0.25, 0.3) is 0 Å². The minimum Gasteiger partial charge on any atom is -0.357 e. The van der Waals surface area contributed by atoms with Gasteiger partial charge in [0.05, 0.1) is 5.69 Å². The van der Waals surface area contributed by atoms with Crippen LogP contribution in [0.2, 0.25) is 0 Å². The van der Waals surface area contributed by atoms with Crippen LogP contribution in [0, 0.1) is 27.7 Å². The lowest BCUT2D eigenvalue weighted by atomic mass is 10.0. The van der Waals surface area contributed by atoms with Crippen LogP contribution in [-0.2, 0) is 4.79 Å². The van der Waals surface area contributed by atoms with E-state index in [1.165, 1.54) is 5.56 Å². The van der Waals surface area contributed by atoms with Crippen LogP contribution in [0.3, 0.4) is 0 Å². The highest BCUT2D eigenvalue weighted by molar-refractivity contribution is 6.02. The van der Waals surface area contributed by atoms with Crippen molar-refractivity contribution in [2.45, 2.75) is 40.2 Å². The van der Waals surface area contributed by atoms with E-state index in [2.05, 4.69) is 48.3 Å². The van der Waals surface area contributed by atoms with Crippen molar-refractivity contribution >= 4 is 22.9 Å². The molecule has 1 saturated heterocycles. The Hall–Kier alpha value is -2.89. The van der Waals surface area contributed by atoms with Gasteiger partial charge >= 0.3 is 0 Å². The number of nitrogens with zero attached hydrogens (tertiary/aromatic N) is 4. The highest BCUT2D eigenvalue weighted by Crippen LogP contribution is 2.31. The second kappa shape index (κ2) is 6.12. The summed E-state index contributed by atoms with van der Waals surface area (Å²) in [6, 6.07) is 5.96. The van der Waals surface area contributed by atoms with Gasteiger partial charge in [-0.05, 0) is 51.3 Å². The number of anilines is 2. The van der Waals surface area contributed by atoms with Gasteiger partial charge in [0.1, 0.15) is 11.6 Å². The van der Waals surface area contributed by atoms with Crippen molar-refractivity contribution in [2.24, 2.45) is 0 Å². The molecule has 3 aromatic rings. The van der Waals surface area contributed by atoms with Crippen molar-refractivity contribution in [3.8, 4) is 0 Å². The number of carbonyl (C=O) groups excluding carboxylic acids is 1. The van der Waals surface area contributed by atoms with E-state index >= 15 is 0 Å². The fraction of sp³-hybridized carbons (Fsp3) is 0.350. The number of fused-ring (bicyclic) bond motifs is 1. The smallest absolute Gasteiger partial charge is 0.249 e. The van der Waals surface area contributed by atoms with Crippen molar-refractivity contribution in [2.75, 3.05) is 16.8 Å². The third kappa shape index (κ3) is 2.71. The van der Waals surface area contributed by atoms with Gasteiger partial charge in [-0.2, -0.15) is 5.10 Å². The summed E-state index contributed by atoms with van der Waals surface area (Å²) >= 11 is 0. The average Bonchev–Trinajstić information content (AvgIpc) is 3.11. The first-order chi connectivity index (χ1) is 12.4. The fourth-order valence-electron chi connectivity index (χ4n) is 3.95. The minimum atomic E-state index is -0.274. The van der Waals surface area contributed by atoms with Crippen LogP contribution in [-0.4, -0.2) is 33.1 Å². The van der Waals surface area contributed by atoms with Crippen LogP contribution in [0.15, 0.2) is 30.6 Å². The Bertz CT molecular complexity index is 984. The van der Waals surface area contributed by atoms with Gasteiger partial charge < -0.3 is 10.2 Å². The molecule has 0 spiro atoms. The average molecular weight is 349 g/mol. The molecular weight excluding hydrogens is 326 g/mol. The van der Waals surface area contributed by atoms with E-state index in [9.17, 15) is 4.79 Å². The molecule has 6 heteroatoms. The standard InChI is InChI=1S/C20H23N5O/c1-12-9-13(2)18(14(3)10-12)24-7-5-16(20(24)26)22-19-17-11-15(4)23-25(17)8-6-21-19/h6,8-11,16H,5,7H2,1-4H3,(H,21,22). The normalized spacial score (nSPS) is 17.3. The van der Waals surface area contributed by atoms with E-state index in [0.717, 1.165) is 34.4 Å². The number of aromatic nitrogens is 3. The van der Waals surface area contributed by atoms with Gasteiger partial charge in [-0.25, -0.2) is 9.50 Å². The topological polar surface area (TPSA) is 62.5 Å². The summed E-state index contributed by atoms with van der Waals surface area (Å²) in [6.07, 6.45) is 4.27. The lowest BCUT2D eigenvalue weighted by Gasteiger charge is -2.22. The molecule has 1 atom stereocenters. The number of hydrogen-bond acceptors (Lipinski definition) is 4. The zero-order valence-corrected chi connectivity index (χ0v) is 15.6. The third-order valence-electron chi connectivity index (χ3n) is 4.93. The molecule has 1 aliphatic heterocycles. The largest absolute Gasteiger partial charge is 0.357 e. The van der Waals surface area contributed by atoms with E-state index < -0.39 is 0 Å². The summed E-state index contributed by atoms with van der Waals surface area (Å²) in [6.45, 7) is 8.88. The molecule has 1 aromatic carbocycles. The van der Waals surface area contributed by atoms with E-state index in [1.54, 1.807) is 10.7 Å². The Balaban J connectivity index is 1.62. The highest BCUT2D eigenvalue weighted by atomic mass is 16.2. The van der Waals surface area contributed by atoms with Gasteiger partial charge in [0.15, 0.2) is 5.82 Å². The van der Waals surface area contributed by atoms with Crippen molar-refractivity contribution in [3.05, 3.63) is 53.0 Å². The first-order valence-corrected chi connectivity index (χ1v) is 8.91. The Morgan fingerprint density at radius 3 is 2.58 bits per heavy atom. The predicted molar refractivity (Wildman–Crippen MR) is 103 cm³/mol. The molecule has 6 nitrogen and oxygen atoms in total. The molecular formula is C20H23N5O. The first-order valence-electron chi connectivity index (χ1n) is 8.91. The van der Waals surface area contributed by atoms with Gasteiger partial charge in [-0.3, -0.25) is 4.79 Å². The summed E-state index contributed by atoms with van der Waals surface area (Å²) in [5.74, 6) is 0.797. The monoisotopic (exact) mass is 349 g/mol.